The van der Waals surface area contributed by atoms with E-state index in [-0.39, 0.29) is 17.7 Å². The number of hydrogen-bond donors (Lipinski definition) is 13. The van der Waals surface area contributed by atoms with Crippen molar-refractivity contribution in [2.45, 2.75) is 138 Å². The highest BCUT2D eigenvalue weighted by Crippen LogP contribution is 2.32. The second-order valence-corrected chi connectivity index (χ2v) is 22.8. The molecule has 7 amide bonds. The Hall–Kier alpha value is -7.88. The smallest absolute Gasteiger partial charge is 0.251 e. The molecule has 27 nitrogen and oxygen atoms in total. The number of phenolic OH excluding ortho intramolecular Hbond substituents is 2. The molecule has 13 N–H and O–H groups in total. The van der Waals surface area contributed by atoms with E-state index >= 15 is 0 Å². The van der Waals surface area contributed by atoms with E-state index in [2.05, 4.69) is 41.6 Å². The molecule has 86 heavy (non-hydrogen) atoms. The number of methoxy groups -OCH3 is 1. The van der Waals surface area contributed by atoms with Gasteiger partial charge in [0.25, 0.3) is 5.91 Å². The highest BCUT2D eigenvalue weighted by Gasteiger charge is 2.50. The lowest BCUT2D eigenvalue weighted by atomic mass is 9.99. The number of β-amino-alcohol motifs (C(OH)–C–C–N with tert-alkyl or cyclic N) is 1. The van der Waals surface area contributed by atoms with Crippen molar-refractivity contribution < 1.29 is 83.9 Å². The van der Waals surface area contributed by atoms with Gasteiger partial charge in [-0.3, -0.25) is 33.6 Å². The lowest BCUT2D eigenvalue weighted by molar-refractivity contribution is -0.147. The monoisotopic (exact) mass is 1210 g/mol. The van der Waals surface area contributed by atoms with Crippen molar-refractivity contribution in [3.63, 3.8) is 0 Å². The quantitative estimate of drug-likeness (QED) is 0.0308. The predicted octanol–water partition coefficient (Wildman–Crippen LogP) is -0.873. The van der Waals surface area contributed by atoms with Crippen molar-refractivity contribution in [3.05, 3.63) is 89.3 Å². The molecule has 3 fully saturated rings. The van der Waals surface area contributed by atoms with E-state index in [0.29, 0.717) is 22.2 Å². The zero-order valence-corrected chi connectivity index (χ0v) is 48.5. The van der Waals surface area contributed by atoms with Crippen LogP contribution in [0.15, 0.2) is 66.7 Å². The van der Waals surface area contributed by atoms with Crippen LogP contribution in [-0.4, -0.2) is 222 Å². The van der Waals surface area contributed by atoms with E-state index in [1.807, 2.05) is 24.3 Å². The summed E-state index contributed by atoms with van der Waals surface area (Å²) in [6, 6.07) is 5.71. The Balaban J connectivity index is 1.14. The van der Waals surface area contributed by atoms with Crippen molar-refractivity contribution in [1.29, 1.82) is 0 Å². The first-order valence-corrected chi connectivity index (χ1v) is 29.1. The van der Waals surface area contributed by atoms with Crippen molar-refractivity contribution >= 4 is 52.7 Å². The molecule has 4 aromatic rings. The summed E-state index contributed by atoms with van der Waals surface area (Å²) in [4.78, 5) is 105. The van der Waals surface area contributed by atoms with Crippen molar-refractivity contribution in [1.82, 2.24) is 46.6 Å². The number of aliphatic hydroxyl groups is 6. The first kappa shape index (κ1) is 65.7. The molecule has 1 aromatic heterocycles. The summed E-state index contributed by atoms with van der Waals surface area (Å²) in [5, 5.41) is 110. The second-order valence-electron chi connectivity index (χ2n) is 21.8. The average molecular weight is 1220 g/mol. The molecule has 3 saturated heterocycles. The van der Waals surface area contributed by atoms with Gasteiger partial charge >= 0.3 is 0 Å². The third-order valence-electron chi connectivity index (χ3n) is 15.2. The maximum atomic E-state index is 14.5. The Bertz CT molecular complexity index is 3050. The molecular formula is C58H74N10O17S. The number of benzene rings is 3. The lowest BCUT2D eigenvalue weighted by Gasteiger charge is -2.33. The van der Waals surface area contributed by atoms with Gasteiger partial charge in [0.15, 0.2) is 17.6 Å². The van der Waals surface area contributed by atoms with E-state index < -0.39 is 171 Å². The standard InChI is InChI=1S/C58H74N10O17S/c1-30-28-68-48(49(30)76)54(81)60-26-36(70)24-39(61-50(77)33-11-13-34(14-12-33)55-65-66-56(86-55)35-15-17-38(18-16-35)85-21-9-7-5-6-8-20-84-4)51(78)62-45(31(2)69)57(82)67-29-37(71)25-40(67)52(79)63-46(43(74)23-32-10-19-41(72)42(73)22-32)53(80)64-47(58(68)83)44(75)27-59-3/h10-19,22,30-31,36-37,39-40,43-49,69-76H,5-9,20-21,23-29H2,1-2,4H3,(H,60,81)(H,61,77)(H,62,78)(H,63,79)(H,64,80)/t30-,31+,36+,37+,39+,40+,43-,44-,45+,46+,47+,48+,49+/m1/s1. The van der Waals surface area contributed by atoms with Crippen molar-refractivity contribution in [2.75, 3.05) is 46.5 Å². The number of ether oxygens (including phenoxy) is 2. The number of hydrogen-bond acceptors (Lipinski definition) is 20. The Morgan fingerprint density at radius 2 is 1.35 bits per heavy atom. The number of aromatic nitrogens is 2. The molecule has 28 heteroatoms. The SMILES string of the molecule is [C-]#[N+]C[C@@H](O)[C@@H]1NC(=O)[C@H]([C@H](O)Cc2ccc(O)c(O)c2)NC(=O)[C@@H]2C[C@H](O)CN2C(=O)[C@H]([C@H](C)O)NC(=O)[C@@H](NC(=O)c2ccc(-c3nnc(-c4ccc(OCCCCCCCOC)cc4)s3)cc2)C[C@H](O)CNC(=O)[C@@H]2[C@@H](O)[C@H](C)CN2C1=O. The normalized spacial score (nSPS) is 25.5. The van der Waals surface area contributed by atoms with Gasteiger partial charge in [0.2, 0.25) is 42.0 Å². The van der Waals surface area contributed by atoms with Crippen LogP contribution in [0.4, 0.5) is 0 Å². The van der Waals surface area contributed by atoms with Crippen LogP contribution in [0.3, 0.4) is 0 Å². The number of phenols is 2. The Kier molecular flexibility index (Phi) is 23.3. The molecule has 0 unspecified atom stereocenters. The Morgan fingerprint density at radius 1 is 0.733 bits per heavy atom. The molecule has 0 spiro atoms. The number of carbonyl (C=O) groups is 7. The van der Waals surface area contributed by atoms with E-state index in [9.17, 15) is 74.4 Å². The van der Waals surface area contributed by atoms with Gasteiger partial charge in [-0.2, -0.15) is 0 Å². The van der Waals surface area contributed by atoms with E-state index in [1.165, 1.54) is 36.5 Å². The number of unbranched alkanes of at least 4 members (excludes halogenated alkanes) is 4. The summed E-state index contributed by atoms with van der Waals surface area (Å²) in [5.74, 6) is -9.13. The molecule has 0 aliphatic carbocycles. The summed E-state index contributed by atoms with van der Waals surface area (Å²) in [6.45, 7) is 9.03. The van der Waals surface area contributed by atoms with Crippen LogP contribution in [0.2, 0.25) is 0 Å². The molecular weight excluding hydrogens is 1140 g/mol. The van der Waals surface area contributed by atoms with Crippen molar-refractivity contribution in [3.8, 4) is 38.4 Å². The fraction of sp³-hybridized carbons (Fsp3) is 0.517. The topological polar surface area (TPSA) is 397 Å². The number of nitrogens with one attached hydrogen (secondary N) is 5. The molecule has 13 atom stereocenters. The number of aliphatic hydroxyl groups excluding tert-OH is 6. The van der Waals surface area contributed by atoms with Crippen LogP contribution in [-0.2, 0) is 39.9 Å². The summed E-state index contributed by atoms with van der Waals surface area (Å²) in [7, 11) is 1.70. The molecule has 0 saturated carbocycles. The maximum Gasteiger partial charge on any atom is 0.251 e. The van der Waals surface area contributed by atoms with Crippen LogP contribution in [0, 0.1) is 12.5 Å². The highest BCUT2D eigenvalue weighted by molar-refractivity contribution is 7.17. The summed E-state index contributed by atoms with van der Waals surface area (Å²) >= 11 is 1.30. The van der Waals surface area contributed by atoms with E-state index in [0.717, 1.165) is 78.9 Å². The number of nitrogens with zero attached hydrogens (tertiary/aromatic N) is 5. The van der Waals surface area contributed by atoms with Gasteiger partial charge in [0.05, 0.1) is 37.1 Å². The number of rotatable bonds is 19. The number of amides is 7. The van der Waals surface area contributed by atoms with Crippen LogP contribution in [0.5, 0.6) is 17.2 Å². The molecule has 3 aliphatic heterocycles. The zero-order valence-electron chi connectivity index (χ0n) is 47.7. The fourth-order valence-corrected chi connectivity index (χ4v) is 11.3. The molecule has 3 aliphatic rings. The summed E-state index contributed by atoms with van der Waals surface area (Å²) in [5.41, 5.74) is 1.53. The maximum absolute atomic E-state index is 14.5. The number of fused-ring (bicyclic) bond motifs is 2. The first-order chi connectivity index (χ1) is 41.1. The minimum Gasteiger partial charge on any atom is -0.504 e. The van der Waals surface area contributed by atoms with Crippen LogP contribution in [0.25, 0.3) is 26.0 Å². The van der Waals surface area contributed by atoms with Gasteiger partial charge in [-0.05, 0) is 73.9 Å². The molecule has 4 heterocycles. The van der Waals surface area contributed by atoms with Gasteiger partial charge < -0.3 is 91.6 Å². The minimum absolute atomic E-state index is 0.0210. The zero-order chi connectivity index (χ0) is 62.4. The second kappa shape index (κ2) is 30.5. The first-order valence-electron chi connectivity index (χ1n) is 28.3. The highest BCUT2D eigenvalue weighted by atomic mass is 32.1. The van der Waals surface area contributed by atoms with Gasteiger partial charge in [0, 0.05) is 75.2 Å². The Labute approximate surface area is 499 Å². The Morgan fingerprint density at radius 3 is 1.99 bits per heavy atom. The van der Waals surface area contributed by atoms with E-state index in [1.54, 1.807) is 19.2 Å². The summed E-state index contributed by atoms with van der Waals surface area (Å²) in [6.07, 6.45) is -6.84. The predicted molar refractivity (Wildman–Crippen MR) is 307 cm³/mol. The van der Waals surface area contributed by atoms with Gasteiger partial charge in [-0.25, -0.2) is 6.57 Å². The van der Waals surface area contributed by atoms with Gasteiger partial charge in [0.1, 0.15) is 52.0 Å². The lowest BCUT2D eigenvalue weighted by Crippen LogP contribution is -2.64. The molecule has 3 aromatic carbocycles. The molecule has 0 radical (unpaired) electrons. The fourth-order valence-electron chi connectivity index (χ4n) is 10.4. The minimum atomic E-state index is -2.11. The van der Waals surface area contributed by atoms with Crippen LogP contribution < -0.4 is 31.3 Å². The summed E-state index contributed by atoms with van der Waals surface area (Å²) < 4.78 is 11.0. The van der Waals surface area contributed by atoms with E-state index in [4.69, 9.17) is 16.0 Å². The number of carbonyl (C=O) groups excluding carboxylic acids is 7. The van der Waals surface area contributed by atoms with Gasteiger partial charge in [-0.15, -0.1) is 10.2 Å². The third kappa shape index (κ3) is 16.8. The molecule has 7 rings (SSSR count). The van der Waals surface area contributed by atoms with Crippen molar-refractivity contribution in [2.24, 2.45) is 5.92 Å². The molecule has 464 valence electrons. The third-order valence-corrected chi connectivity index (χ3v) is 16.2. The van der Waals surface area contributed by atoms with Crippen LogP contribution in [0.1, 0.15) is 74.7 Å². The number of aromatic hydroxyl groups is 2. The molecule has 0 bridgehead atoms. The van der Waals surface area contributed by atoms with Crippen LogP contribution >= 0.6 is 11.3 Å². The van der Waals surface area contributed by atoms with Gasteiger partial charge in [-0.1, -0.05) is 55.7 Å². The average Bonchev–Trinajstić information content (AvgIpc) is 2.15. The largest absolute Gasteiger partial charge is 0.504 e.